The quantitative estimate of drug-likeness (QED) is 0.838. The minimum absolute atomic E-state index is 0.402. The molecule has 94 valence electrons. The van der Waals surface area contributed by atoms with Gasteiger partial charge in [-0.15, -0.1) is 10.2 Å². The lowest BCUT2D eigenvalue weighted by Crippen LogP contribution is -1.96. The molecule has 0 bridgehead atoms. The van der Waals surface area contributed by atoms with Crippen molar-refractivity contribution in [2.45, 2.75) is 33.1 Å². The summed E-state index contributed by atoms with van der Waals surface area (Å²) >= 11 is 6.08. The Morgan fingerprint density at radius 2 is 1.83 bits per heavy atom. The van der Waals surface area contributed by atoms with Gasteiger partial charge in [-0.25, -0.2) is 4.98 Å². The van der Waals surface area contributed by atoms with Gasteiger partial charge < -0.3 is 0 Å². The smallest absolute Gasteiger partial charge is 0.159 e. The lowest BCUT2D eigenvalue weighted by Gasteiger charge is -2.09. The molecule has 0 spiro atoms. The number of hydrogen-bond donors (Lipinski definition) is 0. The maximum Gasteiger partial charge on any atom is 0.159 e. The third-order valence-corrected chi connectivity index (χ3v) is 3.38. The molecule has 3 nitrogen and oxygen atoms in total. The fraction of sp³-hybridized carbons (Fsp3) is 0.357. The maximum absolute atomic E-state index is 6.08. The Hall–Kier alpha value is -1.48. The van der Waals surface area contributed by atoms with Crippen LogP contribution in [0.25, 0.3) is 11.3 Å². The lowest BCUT2D eigenvalue weighted by molar-refractivity contribution is 0.734. The van der Waals surface area contributed by atoms with Crippen LogP contribution in [0.2, 0.25) is 5.15 Å². The lowest BCUT2D eigenvalue weighted by atomic mass is 9.97. The standard InChI is InChI=1S/C14H16ClN3/c1-4-9(2)11-5-7-12(8-6-11)13-14(15)16-10(3)17-18-13/h5-9H,4H2,1-3H3. The molecule has 18 heavy (non-hydrogen) atoms. The Morgan fingerprint density at radius 3 is 2.39 bits per heavy atom. The van der Waals surface area contributed by atoms with Crippen molar-refractivity contribution < 1.29 is 0 Å². The molecular weight excluding hydrogens is 246 g/mol. The van der Waals surface area contributed by atoms with Crippen LogP contribution in [0.3, 0.4) is 0 Å². The molecule has 1 atom stereocenters. The first-order valence-corrected chi connectivity index (χ1v) is 6.46. The molecule has 1 heterocycles. The van der Waals surface area contributed by atoms with E-state index >= 15 is 0 Å². The van der Waals surface area contributed by atoms with Crippen LogP contribution < -0.4 is 0 Å². The minimum atomic E-state index is 0.402. The second kappa shape index (κ2) is 5.44. The number of aromatic nitrogens is 3. The zero-order valence-electron chi connectivity index (χ0n) is 10.8. The summed E-state index contributed by atoms with van der Waals surface area (Å²) in [5, 5.41) is 8.44. The molecule has 2 aromatic rings. The summed E-state index contributed by atoms with van der Waals surface area (Å²) in [6.07, 6.45) is 1.13. The Labute approximate surface area is 112 Å². The molecule has 0 aliphatic heterocycles. The molecule has 0 amide bonds. The van der Waals surface area contributed by atoms with E-state index in [1.54, 1.807) is 6.92 Å². The van der Waals surface area contributed by atoms with Gasteiger partial charge in [0.15, 0.2) is 5.15 Å². The molecular formula is C14H16ClN3. The molecule has 1 unspecified atom stereocenters. The molecule has 0 saturated heterocycles. The number of hydrogen-bond acceptors (Lipinski definition) is 3. The fourth-order valence-corrected chi connectivity index (χ4v) is 2.03. The first-order valence-electron chi connectivity index (χ1n) is 6.09. The normalized spacial score (nSPS) is 12.4. The summed E-state index contributed by atoms with van der Waals surface area (Å²) in [6.45, 7) is 6.18. The highest BCUT2D eigenvalue weighted by molar-refractivity contribution is 6.31. The van der Waals surface area contributed by atoms with Gasteiger partial charge in [0.25, 0.3) is 0 Å². The zero-order valence-corrected chi connectivity index (χ0v) is 11.6. The summed E-state index contributed by atoms with van der Waals surface area (Å²) in [7, 11) is 0. The summed E-state index contributed by atoms with van der Waals surface area (Å²) in [6, 6.07) is 8.27. The van der Waals surface area contributed by atoms with Crippen LogP contribution in [0.4, 0.5) is 0 Å². The predicted octanol–water partition coefficient (Wildman–Crippen LogP) is 4.01. The van der Waals surface area contributed by atoms with E-state index in [0.29, 0.717) is 22.6 Å². The molecule has 0 fully saturated rings. The Morgan fingerprint density at radius 1 is 1.17 bits per heavy atom. The van der Waals surface area contributed by atoms with Crippen molar-refractivity contribution in [2.24, 2.45) is 0 Å². The van der Waals surface area contributed by atoms with Crippen molar-refractivity contribution in [1.82, 2.24) is 15.2 Å². The van der Waals surface area contributed by atoms with E-state index in [-0.39, 0.29) is 0 Å². The summed E-state index contributed by atoms with van der Waals surface area (Å²) in [5.41, 5.74) is 2.91. The monoisotopic (exact) mass is 261 g/mol. The first-order chi connectivity index (χ1) is 8.61. The van der Waals surface area contributed by atoms with E-state index in [4.69, 9.17) is 11.6 Å². The second-order valence-electron chi connectivity index (χ2n) is 4.43. The number of aryl methyl sites for hydroxylation is 1. The molecule has 4 heteroatoms. The van der Waals surface area contributed by atoms with Crippen LogP contribution in [0.1, 0.15) is 37.6 Å². The van der Waals surface area contributed by atoms with Crippen LogP contribution in [-0.4, -0.2) is 15.2 Å². The SMILES string of the molecule is CCC(C)c1ccc(-c2nnc(C)nc2Cl)cc1. The van der Waals surface area contributed by atoms with Gasteiger partial charge in [-0.3, -0.25) is 0 Å². The maximum atomic E-state index is 6.08. The van der Waals surface area contributed by atoms with E-state index < -0.39 is 0 Å². The average Bonchev–Trinajstić information content (AvgIpc) is 2.38. The molecule has 0 N–H and O–H groups in total. The third kappa shape index (κ3) is 2.67. The highest BCUT2D eigenvalue weighted by atomic mass is 35.5. The fourth-order valence-electron chi connectivity index (χ4n) is 1.76. The molecule has 2 rings (SSSR count). The highest BCUT2D eigenvalue weighted by Crippen LogP contribution is 2.26. The molecule has 0 aliphatic carbocycles. The van der Waals surface area contributed by atoms with Gasteiger partial charge in [0, 0.05) is 5.56 Å². The average molecular weight is 262 g/mol. The summed E-state index contributed by atoms with van der Waals surface area (Å²) < 4.78 is 0. The van der Waals surface area contributed by atoms with Crippen molar-refractivity contribution in [1.29, 1.82) is 0 Å². The number of halogens is 1. The Bertz CT molecular complexity index is 537. The topological polar surface area (TPSA) is 38.7 Å². The predicted molar refractivity (Wildman–Crippen MR) is 73.7 cm³/mol. The van der Waals surface area contributed by atoms with Crippen LogP contribution in [0.15, 0.2) is 24.3 Å². The van der Waals surface area contributed by atoms with E-state index in [1.807, 2.05) is 12.1 Å². The Kier molecular flexibility index (Phi) is 3.92. The highest BCUT2D eigenvalue weighted by Gasteiger charge is 2.09. The van der Waals surface area contributed by atoms with Crippen molar-refractivity contribution in [3.63, 3.8) is 0 Å². The second-order valence-corrected chi connectivity index (χ2v) is 4.79. The van der Waals surface area contributed by atoms with Crippen molar-refractivity contribution in [2.75, 3.05) is 0 Å². The van der Waals surface area contributed by atoms with Crippen molar-refractivity contribution >= 4 is 11.6 Å². The molecule has 1 aromatic carbocycles. The van der Waals surface area contributed by atoms with Crippen LogP contribution in [0.5, 0.6) is 0 Å². The number of benzene rings is 1. The van der Waals surface area contributed by atoms with Crippen LogP contribution >= 0.6 is 11.6 Å². The van der Waals surface area contributed by atoms with Crippen LogP contribution in [-0.2, 0) is 0 Å². The molecule has 1 aromatic heterocycles. The van der Waals surface area contributed by atoms with Gasteiger partial charge >= 0.3 is 0 Å². The van der Waals surface area contributed by atoms with Gasteiger partial charge in [-0.05, 0) is 24.8 Å². The zero-order chi connectivity index (χ0) is 13.1. The van der Waals surface area contributed by atoms with Gasteiger partial charge in [0.1, 0.15) is 11.5 Å². The number of rotatable bonds is 3. The summed E-state index contributed by atoms with van der Waals surface area (Å²) in [5.74, 6) is 1.15. The number of nitrogens with zero attached hydrogens (tertiary/aromatic N) is 3. The molecule has 0 radical (unpaired) electrons. The molecule has 0 saturated carbocycles. The van der Waals surface area contributed by atoms with E-state index in [9.17, 15) is 0 Å². The first kappa shape index (κ1) is 13.0. The third-order valence-electron chi connectivity index (χ3n) is 3.12. The Balaban J connectivity index is 2.34. The van der Waals surface area contributed by atoms with Gasteiger partial charge in [0.2, 0.25) is 0 Å². The van der Waals surface area contributed by atoms with Gasteiger partial charge in [0.05, 0.1) is 0 Å². The van der Waals surface area contributed by atoms with E-state index in [2.05, 4.69) is 41.2 Å². The van der Waals surface area contributed by atoms with Gasteiger partial charge in [-0.2, -0.15) is 0 Å². The largest absolute Gasteiger partial charge is 0.217 e. The summed E-state index contributed by atoms with van der Waals surface area (Å²) in [4.78, 5) is 4.12. The van der Waals surface area contributed by atoms with E-state index in [1.165, 1.54) is 5.56 Å². The van der Waals surface area contributed by atoms with E-state index in [0.717, 1.165) is 12.0 Å². The van der Waals surface area contributed by atoms with Crippen molar-refractivity contribution in [3.05, 3.63) is 40.8 Å². The van der Waals surface area contributed by atoms with Crippen LogP contribution in [0, 0.1) is 6.92 Å². The van der Waals surface area contributed by atoms with Crippen molar-refractivity contribution in [3.8, 4) is 11.3 Å². The molecule has 0 aliphatic rings. The van der Waals surface area contributed by atoms with Gasteiger partial charge in [-0.1, -0.05) is 49.7 Å². The minimum Gasteiger partial charge on any atom is -0.217 e.